The van der Waals surface area contributed by atoms with E-state index in [1.807, 2.05) is 0 Å². The van der Waals surface area contributed by atoms with E-state index in [0.717, 1.165) is 0 Å². The molecule has 0 amide bonds. The minimum absolute atomic E-state index is 0.00444. The van der Waals surface area contributed by atoms with Crippen molar-refractivity contribution < 1.29 is 14.7 Å². The maximum atomic E-state index is 11.3. The van der Waals surface area contributed by atoms with Crippen LogP contribution in [-0.2, 0) is 9.63 Å². The summed E-state index contributed by atoms with van der Waals surface area (Å²) in [6.07, 6.45) is 0.416. The fourth-order valence-electron chi connectivity index (χ4n) is 0.671. The van der Waals surface area contributed by atoms with Gasteiger partial charge in [0.15, 0.2) is 0 Å². The van der Waals surface area contributed by atoms with Gasteiger partial charge in [0.1, 0.15) is 0 Å². The second kappa shape index (κ2) is 4.42. The molecule has 72 valence electrons. The zero-order chi connectivity index (χ0) is 9.78. The molecule has 0 aliphatic rings. The Labute approximate surface area is 73.1 Å². The van der Waals surface area contributed by atoms with E-state index >= 15 is 0 Å². The van der Waals surface area contributed by atoms with Gasteiger partial charge < -0.3 is 9.94 Å². The van der Waals surface area contributed by atoms with E-state index in [9.17, 15) is 4.79 Å². The van der Waals surface area contributed by atoms with Crippen LogP contribution in [0.4, 0.5) is 0 Å². The first-order valence-corrected chi connectivity index (χ1v) is 3.91. The number of aliphatic hydroxyl groups is 1. The molecule has 0 aliphatic heterocycles. The van der Waals surface area contributed by atoms with Crippen molar-refractivity contribution in [2.75, 3.05) is 20.7 Å². The number of aliphatic hydroxyl groups excluding tert-OH is 1. The molecule has 0 aromatic heterocycles. The highest BCUT2D eigenvalue weighted by Crippen LogP contribution is 2.21. The fraction of sp³-hybridized carbons (Fsp3) is 0.875. The van der Waals surface area contributed by atoms with Crippen LogP contribution in [0.1, 0.15) is 20.3 Å². The Morgan fingerprint density at radius 3 is 2.33 bits per heavy atom. The number of carbonyl (C=O) groups is 1. The zero-order valence-electron chi connectivity index (χ0n) is 8.13. The Kier molecular flexibility index (Phi) is 4.20. The van der Waals surface area contributed by atoms with E-state index in [1.165, 1.54) is 5.06 Å². The van der Waals surface area contributed by atoms with Crippen molar-refractivity contribution >= 4 is 5.97 Å². The van der Waals surface area contributed by atoms with Crippen molar-refractivity contribution in [2.24, 2.45) is 5.41 Å². The first-order valence-electron chi connectivity index (χ1n) is 3.91. The largest absolute Gasteiger partial charge is 0.396 e. The average Bonchev–Trinajstić information content (AvgIpc) is 1.85. The van der Waals surface area contributed by atoms with Gasteiger partial charge in [0.25, 0.3) is 0 Å². The Morgan fingerprint density at radius 1 is 1.50 bits per heavy atom. The summed E-state index contributed by atoms with van der Waals surface area (Å²) in [6, 6.07) is 0. The number of hydrogen-bond donors (Lipinski definition) is 1. The van der Waals surface area contributed by atoms with Gasteiger partial charge >= 0.3 is 5.97 Å². The standard InChI is InChI=1S/C8H17NO3/c1-8(2,5-6-10)7(11)12-9(3)4/h10H,5-6H2,1-4H3. The van der Waals surface area contributed by atoms with Crippen molar-refractivity contribution in [3.05, 3.63) is 0 Å². The van der Waals surface area contributed by atoms with Gasteiger partial charge in [0.05, 0.1) is 5.41 Å². The first-order chi connectivity index (χ1) is 5.40. The van der Waals surface area contributed by atoms with Gasteiger partial charge in [-0.1, -0.05) is 0 Å². The summed E-state index contributed by atoms with van der Waals surface area (Å²) in [5, 5.41) is 10.0. The molecule has 0 aromatic carbocycles. The van der Waals surface area contributed by atoms with Crippen LogP contribution in [-0.4, -0.2) is 36.8 Å². The molecule has 0 spiro atoms. The maximum absolute atomic E-state index is 11.3. The van der Waals surface area contributed by atoms with E-state index < -0.39 is 5.41 Å². The van der Waals surface area contributed by atoms with E-state index in [0.29, 0.717) is 6.42 Å². The summed E-state index contributed by atoms with van der Waals surface area (Å²) in [5.41, 5.74) is -0.612. The molecule has 0 bridgehead atoms. The third-order valence-electron chi connectivity index (χ3n) is 1.55. The van der Waals surface area contributed by atoms with Crippen molar-refractivity contribution in [2.45, 2.75) is 20.3 Å². The fourth-order valence-corrected chi connectivity index (χ4v) is 0.671. The van der Waals surface area contributed by atoms with Crippen molar-refractivity contribution in [1.82, 2.24) is 5.06 Å². The molecule has 0 atom stereocenters. The van der Waals surface area contributed by atoms with E-state index in [1.54, 1.807) is 27.9 Å². The summed E-state index contributed by atoms with van der Waals surface area (Å²) >= 11 is 0. The van der Waals surface area contributed by atoms with Crippen LogP contribution >= 0.6 is 0 Å². The normalized spacial score (nSPS) is 11.8. The van der Waals surface area contributed by atoms with Gasteiger partial charge in [-0.3, -0.25) is 0 Å². The molecule has 0 saturated heterocycles. The molecule has 0 aliphatic carbocycles. The minimum atomic E-state index is -0.612. The molecular formula is C8H17NO3. The van der Waals surface area contributed by atoms with Crippen LogP contribution in [0.3, 0.4) is 0 Å². The molecule has 0 heterocycles. The van der Waals surface area contributed by atoms with Gasteiger partial charge in [-0.2, -0.15) is 0 Å². The molecule has 0 rings (SSSR count). The molecular weight excluding hydrogens is 158 g/mol. The van der Waals surface area contributed by atoms with Crippen molar-refractivity contribution in [3.63, 3.8) is 0 Å². The van der Waals surface area contributed by atoms with Crippen LogP contribution in [0, 0.1) is 5.41 Å². The maximum Gasteiger partial charge on any atom is 0.330 e. The molecule has 0 unspecified atom stereocenters. The summed E-state index contributed by atoms with van der Waals surface area (Å²) in [4.78, 5) is 16.1. The molecule has 0 aromatic rings. The highest BCUT2D eigenvalue weighted by atomic mass is 16.7. The van der Waals surface area contributed by atoms with Gasteiger partial charge in [0.2, 0.25) is 0 Å². The number of hydrogen-bond acceptors (Lipinski definition) is 4. The number of nitrogens with zero attached hydrogens (tertiary/aromatic N) is 1. The topological polar surface area (TPSA) is 49.8 Å². The number of hydroxylamine groups is 2. The van der Waals surface area contributed by atoms with Crippen LogP contribution < -0.4 is 0 Å². The van der Waals surface area contributed by atoms with Gasteiger partial charge in [-0.25, -0.2) is 4.79 Å². The third kappa shape index (κ3) is 3.69. The third-order valence-corrected chi connectivity index (χ3v) is 1.55. The van der Waals surface area contributed by atoms with Crippen molar-refractivity contribution in [1.29, 1.82) is 0 Å². The van der Waals surface area contributed by atoms with Crippen molar-refractivity contribution in [3.8, 4) is 0 Å². The highest BCUT2D eigenvalue weighted by Gasteiger charge is 2.29. The highest BCUT2D eigenvalue weighted by molar-refractivity contribution is 5.75. The molecule has 4 heteroatoms. The van der Waals surface area contributed by atoms with Crippen LogP contribution in [0.15, 0.2) is 0 Å². The summed E-state index contributed by atoms with van der Waals surface area (Å²) in [5.74, 6) is -0.318. The lowest BCUT2D eigenvalue weighted by molar-refractivity contribution is -0.190. The van der Waals surface area contributed by atoms with Crippen LogP contribution in [0.25, 0.3) is 0 Å². The number of carbonyl (C=O) groups excluding carboxylic acids is 1. The summed E-state index contributed by atoms with van der Waals surface area (Å²) in [6.45, 7) is 3.49. The lowest BCUT2D eigenvalue weighted by Crippen LogP contribution is -2.32. The van der Waals surface area contributed by atoms with Crippen LogP contribution in [0.5, 0.6) is 0 Å². The quantitative estimate of drug-likeness (QED) is 0.629. The molecule has 1 N–H and O–H groups in total. The van der Waals surface area contributed by atoms with E-state index in [-0.39, 0.29) is 12.6 Å². The van der Waals surface area contributed by atoms with Gasteiger partial charge in [-0.05, 0) is 20.3 Å². The molecule has 4 nitrogen and oxygen atoms in total. The Bertz CT molecular complexity index is 154. The summed E-state index contributed by atoms with van der Waals surface area (Å²) in [7, 11) is 3.29. The summed E-state index contributed by atoms with van der Waals surface area (Å²) < 4.78 is 0. The Hall–Kier alpha value is -0.610. The molecule has 12 heavy (non-hydrogen) atoms. The lowest BCUT2D eigenvalue weighted by atomic mass is 9.90. The van der Waals surface area contributed by atoms with E-state index in [4.69, 9.17) is 9.94 Å². The lowest BCUT2D eigenvalue weighted by Gasteiger charge is -2.22. The number of rotatable bonds is 4. The SMILES string of the molecule is CN(C)OC(=O)C(C)(C)CCO. The molecule has 0 radical (unpaired) electrons. The van der Waals surface area contributed by atoms with Gasteiger partial charge in [0, 0.05) is 20.7 Å². The second-order valence-corrected chi connectivity index (χ2v) is 3.55. The smallest absolute Gasteiger partial charge is 0.330 e. The first kappa shape index (κ1) is 11.4. The Balaban J connectivity index is 4.06. The average molecular weight is 175 g/mol. The second-order valence-electron chi connectivity index (χ2n) is 3.55. The predicted octanol–water partition coefficient (Wildman–Crippen LogP) is 0.415. The predicted molar refractivity (Wildman–Crippen MR) is 45.3 cm³/mol. The van der Waals surface area contributed by atoms with Crippen LogP contribution in [0.2, 0.25) is 0 Å². The zero-order valence-corrected chi connectivity index (χ0v) is 8.13. The van der Waals surface area contributed by atoms with Gasteiger partial charge in [-0.15, -0.1) is 5.06 Å². The minimum Gasteiger partial charge on any atom is -0.396 e. The Morgan fingerprint density at radius 2 is 2.00 bits per heavy atom. The monoisotopic (exact) mass is 175 g/mol. The molecule has 0 fully saturated rings. The molecule has 0 saturated carbocycles. The van der Waals surface area contributed by atoms with E-state index in [2.05, 4.69) is 0 Å².